The minimum Gasteiger partial charge on any atom is -0.381 e. The van der Waals surface area contributed by atoms with E-state index in [0.717, 1.165) is 0 Å². The highest BCUT2D eigenvalue weighted by molar-refractivity contribution is 7.89. The van der Waals surface area contributed by atoms with Crippen LogP contribution in [0.5, 0.6) is 0 Å². The molecule has 2 N–H and O–H groups in total. The number of sulfonamides is 1. The van der Waals surface area contributed by atoms with Crippen molar-refractivity contribution in [3.8, 4) is 17.3 Å². The Hall–Kier alpha value is -3.77. The number of carbonyl (C=O) groups is 1. The fraction of sp³-hybridized carbons (Fsp3) is 0.409. The summed E-state index contributed by atoms with van der Waals surface area (Å²) in [6.07, 6.45) is -1.88. The third kappa shape index (κ3) is 3.87. The van der Waals surface area contributed by atoms with E-state index in [1.807, 2.05) is 0 Å². The number of hydrogen-bond acceptors (Lipinski definition) is 9. The van der Waals surface area contributed by atoms with Crippen molar-refractivity contribution in [2.24, 2.45) is 5.41 Å². The van der Waals surface area contributed by atoms with Crippen LogP contribution in [0.2, 0.25) is 0 Å². The standard InChI is InChI=1S/C22H20F3N7O4S/c1-13-3-4-14(7-15(13)16-8-28-18-17(27)29-12-30-31(16)18)37(34,35)32(36-19(33)22(23,24)25)21-6-2-5-20(9-21,10-21)11-26/h3-4,7-8,12H,2,5-6,9-10H2,1H3,(H2,27,29,30). The quantitative estimate of drug-likeness (QED) is 0.485. The lowest BCUT2D eigenvalue weighted by Gasteiger charge is -2.59. The largest absolute Gasteiger partial charge is 0.492 e. The number of nitrogens with zero attached hydrogens (tertiary/aromatic N) is 6. The minimum atomic E-state index is -5.43. The molecule has 194 valence electrons. The summed E-state index contributed by atoms with van der Waals surface area (Å²) in [5, 5.41) is 13.7. The zero-order valence-corrected chi connectivity index (χ0v) is 20.2. The van der Waals surface area contributed by atoms with E-state index in [1.54, 1.807) is 6.92 Å². The van der Waals surface area contributed by atoms with E-state index in [2.05, 4.69) is 26.0 Å². The molecule has 1 aromatic carbocycles. The minimum absolute atomic E-state index is 0.0386. The molecule has 3 aliphatic carbocycles. The molecule has 0 atom stereocenters. The number of anilines is 1. The Morgan fingerprint density at radius 1 is 1.27 bits per heavy atom. The molecule has 6 rings (SSSR count). The van der Waals surface area contributed by atoms with Crippen LogP contribution < -0.4 is 5.73 Å². The van der Waals surface area contributed by atoms with Gasteiger partial charge in [-0.15, -0.1) is 0 Å². The average Bonchev–Trinajstić information content (AvgIpc) is 3.26. The number of aryl methyl sites for hydroxylation is 1. The van der Waals surface area contributed by atoms with Gasteiger partial charge in [0.2, 0.25) is 0 Å². The molecule has 3 saturated carbocycles. The highest BCUT2D eigenvalue weighted by atomic mass is 32.2. The Balaban J connectivity index is 1.61. The van der Waals surface area contributed by atoms with Gasteiger partial charge >= 0.3 is 12.1 Å². The SMILES string of the molecule is Cc1ccc(S(=O)(=O)N(OC(=O)C(F)(F)F)C23CCCC(C#N)(C2)C3)cc1-c1cnc2c(N)ncnn12. The lowest BCUT2D eigenvalue weighted by molar-refractivity contribution is -0.253. The fourth-order valence-corrected chi connectivity index (χ4v) is 6.95. The van der Waals surface area contributed by atoms with Crippen LogP contribution in [0.3, 0.4) is 0 Å². The van der Waals surface area contributed by atoms with Gasteiger partial charge in [0.1, 0.15) is 6.33 Å². The van der Waals surface area contributed by atoms with Crippen molar-refractivity contribution in [3.05, 3.63) is 36.3 Å². The lowest BCUT2D eigenvalue weighted by atomic mass is 9.51. The zero-order valence-electron chi connectivity index (χ0n) is 19.4. The molecule has 0 radical (unpaired) electrons. The van der Waals surface area contributed by atoms with Gasteiger partial charge < -0.3 is 10.6 Å². The Kier molecular flexibility index (Phi) is 5.46. The van der Waals surface area contributed by atoms with Gasteiger partial charge in [0.25, 0.3) is 10.0 Å². The molecule has 2 aromatic heterocycles. The summed E-state index contributed by atoms with van der Waals surface area (Å²) in [7, 11) is -4.81. The summed E-state index contributed by atoms with van der Waals surface area (Å²) < 4.78 is 68.6. The first kappa shape index (κ1) is 24.9. The second-order valence-electron chi connectivity index (χ2n) is 9.43. The van der Waals surface area contributed by atoms with Crippen molar-refractivity contribution in [1.82, 2.24) is 24.1 Å². The van der Waals surface area contributed by atoms with E-state index in [1.165, 1.54) is 35.2 Å². The molecule has 11 nitrogen and oxygen atoms in total. The van der Waals surface area contributed by atoms with E-state index >= 15 is 0 Å². The molecule has 2 bridgehead atoms. The number of alkyl halides is 3. The van der Waals surface area contributed by atoms with Gasteiger partial charge in [0.15, 0.2) is 11.5 Å². The van der Waals surface area contributed by atoms with Crippen LogP contribution in [0.15, 0.2) is 35.6 Å². The number of fused-ring (bicyclic) bond motifs is 3. The maximum atomic E-state index is 13.8. The number of imidazole rings is 1. The summed E-state index contributed by atoms with van der Waals surface area (Å²) in [6.45, 7) is 1.70. The van der Waals surface area contributed by atoms with Crippen LogP contribution in [-0.2, 0) is 19.7 Å². The maximum absolute atomic E-state index is 13.8. The number of nitrogens with two attached hydrogens (primary N) is 1. The molecule has 0 spiro atoms. The number of benzene rings is 1. The Bertz CT molecular complexity index is 1570. The number of carbonyl (C=O) groups excluding carboxylic acids is 1. The zero-order chi connectivity index (χ0) is 26.8. The number of halogens is 3. The number of hydroxylamine groups is 1. The van der Waals surface area contributed by atoms with Gasteiger partial charge in [-0.25, -0.2) is 27.7 Å². The first-order valence-corrected chi connectivity index (χ1v) is 12.6. The van der Waals surface area contributed by atoms with E-state index in [9.17, 15) is 31.6 Å². The number of nitrogen functional groups attached to an aromatic ring is 1. The monoisotopic (exact) mass is 535 g/mol. The highest BCUT2D eigenvalue weighted by Gasteiger charge is 2.65. The summed E-state index contributed by atoms with van der Waals surface area (Å²) >= 11 is 0. The normalized spacial score (nSPS) is 23.5. The number of rotatable bonds is 5. The van der Waals surface area contributed by atoms with Crippen LogP contribution in [-0.4, -0.2) is 50.2 Å². The molecule has 0 aliphatic heterocycles. The van der Waals surface area contributed by atoms with Crippen molar-refractivity contribution >= 4 is 27.5 Å². The summed E-state index contributed by atoms with van der Waals surface area (Å²) in [5.74, 6) is -2.57. The molecule has 37 heavy (non-hydrogen) atoms. The van der Waals surface area contributed by atoms with Crippen molar-refractivity contribution < 1.29 is 31.2 Å². The second-order valence-corrected chi connectivity index (χ2v) is 11.2. The Morgan fingerprint density at radius 2 is 2.00 bits per heavy atom. The summed E-state index contributed by atoms with van der Waals surface area (Å²) in [6, 6.07) is 6.07. The van der Waals surface area contributed by atoms with Crippen molar-refractivity contribution in [1.29, 1.82) is 5.26 Å². The number of nitriles is 1. The van der Waals surface area contributed by atoms with Gasteiger partial charge in [-0.1, -0.05) is 6.07 Å². The predicted octanol–water partition coefficient (Wildman–Crippen LogP) is 2.92. The molecule has 0 saturated heterocycles. The van der Waals surface area contributed by atoms with Gasteiger partial charge in [-0.3, -0.25) is 0 Å². The molecule has 15 heteroatoms. The Morgan fingerprint density at radius 3 is 2.68 bits per heavy atom. The first-order valence-electron chi connectivity index (χ1n) is 11.1. The van der Waals surface area contributed by atoms with Crippen molar-refractivity contribution in [2.75, 3.05) is 5.73 Å². The highest BCUT2D eigenvalue weighted by Crippen LogP contribution is 2.61. The van der Waals surface area contributed by atoms with E-state index in [4.69, 9.17) is 5.73 Å². The van der Waals surface area contributed by atoms with Crippen LogP contribution >= 0.6 is 0 Å². The van der Waals surface area contributed by atoms with E-state index in [0.29, 0.717) is 29.7 Å². The van der Waals surface area contributed by atoms with Gasteiger partial charge in [-0.2, -0.15) is 23.5 Å². The predicted molar refractivity (Wildman–Crippen MR) is 120 cm³/mol. The van der Waals surface area contributed by atoms with Crippen LogP contribution in [0.1, 0.15) is 37.7 Å². The first-order chi connectivity index (χ1) is 17.3. The lowest BCUT2D eigenvalue weighted by Crippen LogP contribution is -2.66. The molecule has 0 amide bonds. The third-order valence-electron chi connectivity index (χ3n) is 6.99. The fourth-order valence-electron chi connectivity index (χ4n) is 5.35. The topological polar surface area (TPSA) is 157 Å². The molecular weight excluding hydrogens is 515 g/mol. The van der Waals surface area contributed by atoms with Crippen LogP contribution in [0, 0.1) is 23.7 Å². The molecule has 0 unspecified atom stereocenters. The molecule has 3 aromatic rings. The molecule has 3 fully saturated rings. The van der Waals surface area contributed by atoms with Gasteiger partial charge in [0, 0.05) is 5.56 Å². The van der Waals surface area contributed by atoms with Crippen molar-refractivity contribution in [3.63, 3.8) is 0 Å². The smallest absolute Gasteiger partial charge is 0.381 e. The van der Waals surface area contributed by atoms with Crippen LogP contribution in [0.25, 0.3) is 16.9 Å². The molecule has 2 heterocycles. The third-order valence-corrected chi connectivity index (χ3v) is 8.73. The van der Waals surface area contributed by atoms with E-state index < -0.39 is 38.0 Å². The molecular formula is C22H20F3N7O4S. The summed E-state index contributed by atoms with van der Waals surface area (Å²) in [4.78, 5) is 24.0. The van der Waals surface area contributed by atoms with Crippen molar-refractivity contribution in [2.45, 2.75) is 55.6 Å². The molecule has 3 aliphatic rings. The van der Waals surface area contributed by atoms with Gasteiger partial charge in [0.05, 0.1) is 33.8 Å². The van der Waals surface area contributed by atoms with Gasteiger partial charge in [-0.05, 0) is 61.2 Å². The van der Waals surface area contributed by atoms with E-state index in [-0.39, 0.29) is 35.2 Å². The summed E-state index contributed by atoms with van der Waals surface area (Å²) in [5.41, 5.74) is 5.06. The average molecular weight is 536 g/mol. The Labute approximate surface area is 208 Å². The number of aromatic nitrogens is 4. The second kappa shape index (κ2) is 8.12. The number of hydrogen-bond donors (Lipinski definition) is 1. The van der Waals surface area contributed by atoms with Crippen LogP contribution in [0.4, 0.5) is 19.0 Å². The maximum Gasteiger partial charge on any atom is 0.492 e.